The first kappa shape index (κ1) is 14.9. The van der Waals surface area contributed by atoms with E-state index >= 15 is 0 Å². The van der Waals surface area contributed by atoms with Gasteiger partial charge in [-0.25, -0.2) is 0 Å². The van der Waals surface area contributed by atoms with Crippen LogP contribution in [0.2, 0.25) is 0 Å². The monoisotopic (exact) mass is 277 g/mol. The minimum Gasteiger partial charge on any atom is -0.366 e. The number of halogens is 3. The summed E-state index contributed by atoms with van der Waals surface area (Å²) in [5.41, 5.74) is 6.29. The van der Waals surface area contributed by atoms with Crippen LogP contribution in [0.3, 0.4) is 0 Å². The standard InChI is InChI=1S/C12H14F3NOS/c1-8(6-18-7-12(13,14)15)9-4-2-3-5-10(9)11(16)17/h2-5,8H,6-7H2,1H3,(H2,16,17)/t8-/m0/s1. The topological polar surface area (TPSA) is 43.1 Å². The van der Waals surface area contributed by atoms with Gasteiger partial charge in [-0.2, -0.15) is 24.9 Å². The maximum atomic E-state index is 12.0. The summed E-state index contributed by atoms with van der Waals surface area (Å²) in [5.74, 6) is -1.29. The molecular formula is C12H14F3NOS. The molecule has 0 fully saturated rings. The zero-order chi connectivity index (χ0) is 13.8. The van der Waals surface area contributed by atoms with Crippen molar-refractivity contribution in [1.82, 2.24) is 0 Å². The van der Waals surface area contributed by atoms with E-state index in [-0.39, 0.29) is 5.92 Å². The van der Waals surface area contributed by atoms with Crippen molar-refractivity contribution in [2.45, 2.75) is 19.0 Å². The number of benzene rings is 1. The summed E-state index contributed by atoms with van der Waals surface area (Å²) < 4.78 is 36.1. The second kappa shape index (κ2) is 6.13. The second-order valence-corrected chi connectivity index (χ2v) is 5.01. The summed E-state index contributed by atoms with van der Waals surface area (Å²) in [6.07, 6.45) is -4.16. The SMILES string of the molecule is C[C@@H](CSCC(F)(F)F)c1ccccc1C(N)=O. The van der Waals surface area contributed by atoms with Crippen molar-refractivity contribution in [2.24, 2.45) is 5.73 Å². The van der Waals surface area contributed by atoms with Crippen molar-refractivity contribution in [1.29, 1.82) is 0 Å². The van der Waals surface area contributed by atoms with Gasteiger partial charge >= 0.3 is 6.18 Å². The van der Waals surface area contributed by atoms with Gasteiger partial charge < -0.3 is 5.73 Å². The molecular weight excluding hydrogens is 263 g/mol. The summed E-state index contributed by atoms with van der Waals surface area (Å²) in [4.78, 5) is 11.2. The third-order valence-corrected chi connectivity index (χ3v) is 3.66. The van der Waals surface area contributed by atoms with E-state index in [1.807, 2.05) is 0 Å². The predicted molar refractivity (Wildman–Crippen MR) is 66.8 cm³/mol. The van der Waals surface area contributed by atoms with Gasteiger partial charge in [-0.15, -0.1) is 0 Å². The van der Waals surface area contributed by atoms with Crippen LogP contribution in [0.1, 0.15) is 28.8 Å². The zero-order valence-corrected chi connectivity index (χ0v) is 10.6. The highest BCUT2D eigenvalue weighted by atomic mass is 32.2. The lowest BCUT2D eigenvalue weighted by Gasteiger charge is -2.15. The van der Waals surface area contributed by atoms with Crippen LogP contribution in [0, 0.1) is 0 Å². The lowest BCUT2D eigenvalue weighted by molar-refractivity contribution is -0.105. The minimum atomic E-state index is -4.16. The van der Waals surface area contributed by atoms with Gasteiger partial charge in [0.1, 0.15) is 0 Å². The molecule has 0 radical (unpaired) electrons. The summed E-state index contributed by atoms with van der Waals surface area (Å²) in [6, 6.07) is 6.73. The average molecular weight is 277 g/mol. The first-order valence-electron chi connectivity index (χ1n) is 5.34. The Balaban J connectivity index is 2.67. The molecule has 0 saturated carbocycles. The lowest BCUT2D eigenvalue weighted by Crippen LogP contribution is -2.16. The van der Waals surface area contributed by atoms with Crippen molar-refractivity contribution in [2.75, 3.05) is 11.5 Å². The summed E-state index contributed by atoms with van der Waals surface area (Å²) in [6.45, 7) is 1.78. The van der Waals surface area contributed by atoms with Crippen LogP contribution < -0.4 is 5.73 Å². The fourth-order valence-corrected chi connectivity index (χ4v) is 2.47. The third kappa shape index (κ3) is 4.60. The van der Waals surface area contributed by atoms with Crippen molar-refractivity contribution in [3.05, 3.63) is 35.4 Å². The molecule has 1 amide bonds. The normalized spacial score (nSPS) is 13.3. The minimum absolute atomic E-state index is 0.152. The number of thioether (sulfide) groups is 1. The van der Waals surface area contributed by atoms with Crippen LogP contribution in [0.5, 0.6) is 0 Å². The average Bonchev–Trinajstić information content (AvgIpc) is 2.27. The largest absolute Gasteiger partial charge is 0.397 e. The molecule has 0 heterocycles. The third-order valence-electron chi connectivity index (χ3n) is 2.39. The van der Waals surface area contributed by atoms with Crippen molar-refractivity contribution in [3.63, 3.8) is 0 Å². The van der Waals surface area contributed by atoms with E-state index in [1.54, 1.807) is 31.2 Å². The number of hydrogen-bond acceptors (Lipinski definition) is 2. The quantitative estimate of drug-likeness (QED) is 0.898. The molecule has 0 aromatic heterocycles. The van der Waals surface area contributed by atoms with Crippen LogP contribution >= 0.6 is 11.8 Å². The van der Waals surface area contributed by atoms with Gasteiger partial charge in [0.15, 0.2) is 0 Å². The maximum absolute atomic E-state index is 12.0. The van der Waals surface area contributed by atoms with Gasteiger partial charge in [0, 0.05) is 11.3 Å². The number of primary amides is 1. The Morgan fingerprint density at radius 3 is 2.56 bits per heavy atom. The number of alkyl halides is 3. The highest BCUT2D eigenvalue weighted by Gasteiger charge is 2.27. The molecule has 0 aliphatic carbocycles. The maximum Gasteiger partial charge on any atom is 0.397 e. The fourth-order valence-electron chi connectivity index (χ4n) is 1.59. The Bertz CT molecular complexity index is 420. The van der Waals surface area contributed by atoms with Crippen molar-refractivity contribution in [3.8, 4) is 0 Å². The van der Waals surface area contributed by atoms with E-state index in [4.69, 9.17) is 5.73 Å². The van der Waals surface area contributed by atoms with Gasteiger partial charge in [0.05, 0.1) is 5.75 Å². The molecule has 0 unspecified atom stereocenters. The van der Waals surface area contributed by atoms with Crippen LogP contribution in [0.25, 0.3) is 0 Å². The molecule has 0 saturated heterocycles. The number of nitrogens with two attached hydrogens (primary N) is 1. The number of hydrogen-bond donors (Lipinski definition) is 1. The van der Waals surface area contributed by atoms with E-state index in [9.17, 15) is 18.0 Å². The van der Waals surface area contributed by atoms with Gasteiger partial charge in [-0.1, -0.05) is 25.1 Å². The number of rotatable bonds is 5. The molecule has 100 valence electrons. The molecule has 0 aliphatic rings. The Morgan fingerprint density at radius 2 is 2.00 bits per heavy atom. The Hall–Kier alpha value is -1.17. The Kier molecular flexibility index (Phi) is 5.07. The van der Waals surface area contributed by atoms with E-state index in [1.165, 1.54) is 0 Å². The molecule has 0 spiro atoms. The van der Waals surface area contributed by atoms with E-state index in [0.717, 1.165) is 11.8 Å². The number of amides is 1. The predicted octanol–water partition coefficient (Wildman–Crippen LogP) is 3.18. The van der Waals surface area contributed by atoms with Crippen LogP contribution in [-0.4, -0.2) is 23.6 Å². The summed E-state index contributed by atoms with van der Waals surface area (Å²) in [5, 5.41) is 0. The van der Waals surface area contributed by atoms with Gasteiger partial charge in [0.2, 0.25) is 5.91 Å². The first-order chi connectivity index (χ1) is 8.31. The van der Waals surface area contributed by atoms with E-state index < -0.39 is 17.8 Å². The fraction of sp³-hybridized carbons (Fsp3) is 0.417. The molecule has 0 aliphatic heterocycles. The number of carbonyl (C=O) groups is 1. The van der Waals surface area contributed by atoms with Crippen molar-refractivity contribution < 1.29 is 18.0 Å². The van der Waals surface area contributed by atoms with Crippen LogP contribution in [-0.2, 0) is 0 Å². The molecule has 6 heteroatoms. The summed E-state index contributed by atoms with van der Waals surface area (Å²) in [7, 11) is 0. The molecule has 2 N–H and O–H groups in total. The van der Waals surface area contributed by atoms with E-state index in [0.29, 0.717) is 16.9 Å². The molecule has 18 heavy (non-hydrogen) atoms. The molecule has 2 nitrogen and oxygen atoms in total. The Labute approximate surface area is 108 Å². The van der Waals surface area contributed by atoms with Crippen LogP contribution in [0.15, 0.2) is 24.3 Å². The Morgan fingerprint density at radius 1 is 1.39 bits per heavy atom. The van der Waals surface area contributed by atoms with Crippen LogP contribution in [0.4, 0.5) is 13.2 Å². The van der Waals surface area contributed by atoms with Crippen molar-refractivity contribution >= 4 is 17.7 Å². The van der Waals surface area contributed by atoms with Gasteiger partial charge in [-0.3, -0.25) is 4.79 Å². The second-order valence-electron chi connectivity index (χ2n) is 3.98. The van der Waals surface area contributed by atoms with Gasteiger partial charge in [-0.05, 0) is 17.5 Å². The molecule has 1 aromatic rings. The molecule has 1 rings (SSSR count). The zero-order valence-electron chi connectivity index (χ0n) is 9.83. The van der Waals surface area contributed by atoms with E-state index in [2.05, 4.69) is 0 Å². The lowest BCUT2D eigenvalue weighted by atomic mass is 9.97. The molecule has 1 aromatic carbocycles. The van der Waals surface area contributed by atoms with Gasteiger partial charge in [0.25, 0.3) is 0 Å². The smallest absolute Gasteiger partial charge is 0.366 e. The highest BCUT2D eigenvalue weighted by molar-refractivity contribution is 7.99. The number of carbonyl (C=O) groups excluding carboxylic acids is 1. The highest BCUT2D eigenvalue weighted by Crippen LogP contribution is 2.27. The molecule has 0 bridgehead atoms. The molecule has 1 atom stereocenters. The summed E-state index contributed by atoms with van der Waals surface area (Å²) >= 11 is 0.806. The first-order valence-corrected chi connectivity index (χ1v) is 6.50.